The first-order valence-electron chi connectivity index (χ1n) is 1.22. The summed E-state index contributed by atoms with van der Waals surface area (Å²) in [6.45, 7) is 0. The molecule has 5 nitrogen and oxygen atoms in total. The van der Waals surface area contributed by atoms with Crippen molar-refractivity contribution < 1.29 is 18.4 Å². The van der Waals surface area contributed by atoms with Crippen LogP contribution in [0.1, 0.15) is 0 Å². The van der Waals surface area contributed by atoms with E-state index in [0.717, 1.165) is 0 Å². The van der Waals surface area contributed by atoms with Crippen molar-refractivity contribution in [1.82, 2.24) is 0 Å². The maximum absolute atomic E-state index is 9.92. The summed E-state index contributed by atoms with van der Waals surface area (Å²) < 4.78 is 17.1. The fourth-order valence-electron chi connectivity index (χ4n) is 0.0248. The van der Waals surface area contributed by atoms with Gasteiger partial charge in [0.2, 0.25) is 0 Å². The van der Waals surface area contributed by atoms with Gasteiger partial charge in [0.1, 0.15) is 0 Å². The first-order valence-corrected chi connectivity index (χ1v) is 3.19. The Bertz CT molecular complexity index is 81.7. The summed E-state index contributed by atoms with van der Waals surface area (Å²) in [7, 11) is -2.36. The molecule has 0 fully saturated rings. The molecular formula is H5NO4P2. The van der Waals surface area contributed by atoms with Gasteiger partial charge in [0, 0.05) is 9.47 Å². The van der Waals surface area contributed by atoms with Crippen LogP contribution in [0.25, 0.3) is 0 Å². The molecule has 3 N–H and O–H groups in total. The van der Waals surface area contributed by atoms with Gasteiger partial charge in [-0.3, -0.25) is 4.31 Å². The molecule has 44 valence electrons. The van der Waals surface area contributed by atoms with E-state index < -0.39 is 7.82 Å². The average Bonchev–Trinajstić information content (AvgIpc) is 1.68. The van der Waals surface area contributed by atoms with Crippen LogP contribution in [0, 0.1) is 0 Å². The summed E-state index contributed by atoms with van der Waals surface area (Å²) in [6.07, 6.45) is 0. The summed E-state index contributed by atoms with van der Waals surface area (Å²) in [5.74, 6) is 4.27. The van der Waals surface area contributed by atoms with E-state index in [4.69, 9.17) is 4.89 Å². The van der Waals surface area contributed by atoms with E-state index in [9.17, 15) is 4.57 Å². The van der Waals surface area contributed by atoms with Crippen molar-refractivity contribution in [3.8, 4) is 0 Å². The molecule has 0 amide bonds. The van der Waals surface area contributed by atoms with E-state index in [2.05, 4.69) is 14.8 Å². The van der Waals surface area contributed by atoms with Gasteiger partial charge in [-0.05, 0) is 0 Å². The number of rotatable bonds is 2. The standard InChI is InChI=1S/H5NO4P2/c1-4-7(2,3)5-6/h1,6H2,(H,2,3). The van der Waals surface area contributed by atoms with Gasteiger partial charge in [-0.15, -0.1) is 0 Å². The number of hydrogen-bond acceptors (Lipinski definition) is 4. The van der Waals surface area contributed by atoms with Crippen molar-refractivity contribution in [3.05, 3.63) is 0 Å². The van der Waals surface area contributed by atoms with Crippen LogP contribution in [0.3, 0.4) is 0 Å². The van der Waals surface area contributed by atoms with Crippen LogP contribution in [0.4, 0.5) is 0 Å². The minimum absolute atomic E-state index is 1.55. The van der Waals surface area contributed by atoms with Gasteiger partial charge in [-0.1, -0.05) is 0 Å². The normalized spacial score (nSPS) is 18.7. The number of phosphoric acid groups is 1. The second kappa shape index (κ2) is 2.72. The lowest BCUT2D eigenvalue weighted by atomic mass is 13.6. The van der Waals surface area contributed by atoms with Gasteiger partial charge >= 0.3 is 7.82 Å². The maximum Gasteiger partial charge on any atom is 0.491 e. The Morgan fingerprint density at radius 1 is 1.86 bits per heavy atom. The fraction of sp³-hybridized carbons (Fsp3) is 0. The molecular weight excluding hydrogens is 140 g/mol. The molecule has 0 heterocycles. The molecule has 0 aromatic carbocycles. The van der Waals surface area contributed by atoms with E-state index in [1.807, 2.05) is 0 Å². The van der Waals surface area contributed by atoms with Crippen molar-refractivity contribution >= 4 is 17.3 Å². The van der Waals surface area contributed by atoms with Crippen LogP contribution in [-0.4, -0.2) is 4.89 Å². The zero-order chi connectivity index (χ0) is 5.91. The summed E-state index contributed by atoms with van der Waals surface area (Å²) in [4.78, 5) is 8.10. The van der Waals surface area contributed by atoms with E-state index in [1.165, 1.54) is 0 Å². The minimum Gasteiger partial charge on any atom is -0.301 e. The van der Waals surface area contributed by atoms with Crippen LogP contribution < -0.4 is 5.90 Å². The van der Waals surface area contributed by atoms with E-state index in [0.29, 0.717) is 0 Å². The summed E-state index contributed by atoms with van der Waals surface area (Å²) >= 11 is 0. The van der Waals surface area contributed by atoms with Gasteiger partial charge in [0.15, 0.2) is 0 Å². The maximum atomic E-state index is 9.92. The predicted molar refractivity (Wildman–Crippen MR) is 25.9 cm³/mol. The molecule has 0 saturated carbocycles. The Kier molecular flexibility index (Phi) is 2.92. The summed E-state index contributed by atoms with van der Waals surface area (Å²) in [5.41, 5.74) is 0. The van der Waals surface area contributed by atoms with Crippen molar-refractivity contribution in [1.29, 1.82) is 0 Å². The van der Waals surface area contributed by atoms with Gasteiger partial charge in [0.05, 0.1) is 0 Å². The molecule has 0 saturated heterocycles. The minimum atomic E-state index is -3.91. The lowest BCUT2D eigenvalue weighted by molar-refractivity contribution is 0.216. The van der Waals surface area contributed by atoms with Crippen molar-refractivity contribution in [2.24, 2.45) is 5.90 Å². The highest BCUT2D eigenvalue weighted by Crippen LogP contribution is 2.42. The first-order chi connectivity index (χ1) is 3.12. The predicted octanol–water partition coefficient (Wildman–Crippen LogP) is -0.216. The highest BCUT2D eigenvalue weighted by Gasteiger charge is 2.15. The van der Waals surface area contributed by atoms with Gasteiger partial charge in [-0.25, -0.2) is 15.1 Å². The Morgan fingerprint density at radius 2 is 2.29 bits per heavy atom. The molecule has 2 atom stereocenters. The number of nitrogens with two attached hydrogens (primary N) is 1. The van der Waals surface area contributed by atoms with Crippen LogP contribution >= 0.6 is 17.3 Å². The van der Waals surface area contributed by atoms with Gasteiger partial charge in [0.25, 0.3) is 0 Å². The summed E-state index contributed by atoms with van der Waals surface area (Å²) in [6, 6.07) is 0. The molecule has 0 radical (unpaired) electrons. The lowest BCUT2D eigenvalue weighted by Gasteiger charge is -2.00. The van der Waals surface area contributed by atoms with Gasteiger partial charge in [-0.2, -0.15) is 0 Å². The molecule has 0 aliphatic rings. The smallest absolute Gasteiger partial charge is 0.301 e. The zero-order valence-electron chi connectivity index (χ0n) is 3.27. The molecule has 0 rings (SSSR count). The Labute approximate surface area is 42.7 Å². The monoisotopic (exact) mass is 145 g/mol. The SMILES string of the molecule is NOP(=O)(O)OP. The van der Waals surface area contributed by atoms with Crippen LogP contribution in [0.2, 0.25) is 0 Å². The third kappa shape index (κ3) is 3.12. The molecule has 0 spiro atoms. The second-order valence-electron chi connectivity index (χ2n) is 0.679. The third-order valence-electron chi connectivity index (χ3n) is 0.266. The van der Waals surface area contributed by atoms with Crippen LogP contribution in [0.5, 0.6) is 0 Å². The molecule has 0 aromatic rings. The van der Waals surface area contributed by atoms with E-state index in [-0.39, 0.29) is 0 Å². The van der Waals surface area contributed by atoms with E-state index >= 15 is 0 Å². The first kappa shape index (κ1) is 7.50. The topological polar surface area (TPSA) is 81.8 Å². The van der Waals surface area contributed by atoms with Crippen molar-refractivity contribution in [2.75, 3.05) is 0 Å². The summed E-state index contributed by atoms with van der Waals surface area (Å²) in [5, 5.41) is 0. The number of hydrogen-bond donors (Lipinski definition) is 2. The van der Waals surface area contributed by atoms with Crippen LogP contribution in [-0.2, 0) is 13.5 Å². The molecule has 0 bridgehead atoms. The average molecular weight is 145 g/mol. The third-order valence-corrected chi connectivity index (χ3v) is 1.60. The van der Waals surface area contributed by atoms with E-state index in [1.54, 1.807) is 9.47 Å². The van der Waals surface area contributed by atoms with Crippen LogP contribution in [0.15, 0.2) is 0 Å². The molecule has 7 heteroatoms. The molecule has 7 heavy (non-hydrogen) atoms. The molecule has 2 unspecified atom stereocenters. The fourth-order valence-corrected chi connectivity index (χ4v) is 0.224. The second-order valence-corrected chi connectivity index (χ2v) is 2.67. The molecule has 0 aliphatic heterocycles. The lowest BCUT2D eigenvalue weighted by Crippen LogP contribution is -1.94. The Hall–Kier alpha value is 0.500. The highest BCUT2D eigenvalue weighted by molar-refractivity contribution is 7.51. The Morgan fingerprint density at radius 3 is 2.29 bits per heavy atom. The Balaban J connectivity index is 3.61. The zero-order valence-corrected chi connectivity index (χ0v) is 5.32. The molecule has 0 aromatic heterocycles. The molecule has 0 aliphatic carbocycles. The quantitative estimate of drug-likeness (QED) is 0.414. The van der Waals surface area contributed by atoms with Gasteiger partial charge < -0.3 is 4.89 Å². The highest BCUT2D eigenvalue weighted by atomic mass is 31.2. The van der Waals surface area contributed by atoms with Crippen molar-refractivity contribution in [3.63, 3.8) is 0 Å². The largest absolute Gasteiger partial charge is 0.491 e. The van der Waals surface area contributed by atoms with Crippen molar-refractivity contribution in [2.45, 2.75) is 0 Å².